The SMILES string of the molecule is CCCCN(C)C(=O)c1ccc(NCc2ccc(OC)c(OC)c2)cn1. The predicted octanol–water partition coefficient (Wildman–Crippen LogP) is 3.58. The first-order valence-corrected chi connectivity index (χ1v) is 8.75. The van der Waals surface area contributed by atoms with Crippen LogP contribution in [0, 0.1) is 0 Å². The van der Waals surface area contributed by atoms with Gasteiger partial charge in [0, 0.05) is 20.1 Å². The van der Waals surface area contributed by atoms with Gasteiger partial charge in [-0.2, -0.15) is 0 Å². The number of anilines is 1. The number of unbranched alkanes of at least 4 members (excludes halogenated alkanes) is 1. The van der Waals surface area contributed by atoms with Crippen LogP contribution in [-0.2, 0) is 6.54 Å². The fraction of sp³-hybridized carbons (Fsp3) is 0.400. The molecule has 0 aliphatic carbocycles. The number of hydrogen-bond donors (Lipinski definition) is 1. The average Bonchev–Trinajstić information content (AvgIpc) is 2.69. The van der Waals surface area contributed by atoms with Crippen molar-refractivity contribution >= 4 is 11.6 Å². The molecule has 0 unspecified atom stereocenters. The Kier molecular flexibility index (Phi) is 7.26. The molecule has 0 aliphatic heterocycles. The Balaban J connectivity index is 1.96. The van der Waals surface area contributed by atoms with Gasteiger partial charge >= 0.3 is 0 Å². The second-order valence-electron chi connectivity index (χ2n) is 6.06. The van der Waals surface area contributed by atoms with Crippen molar-refractivity contribution < 1.29 is 14.3 Å². The van der Waals surface area contributed by atoms with E-state index in [2.05, 4.69) is 17.2 Å². The summed E-state index contributed by atoms with van der Waals surface area (Å²) in [5, 5.41) is 3.30. The van der Waals surface area contributed by atoms with Crippen LogP contribution in [0.4, 0.5) is 5.69 Å². The first-order chi connectivity index (χ1) is 12.6. The summed E-state index contributed by atoms with van der Waals surface area (Å²) in [6.07, 6.45) is 3.74. The molecule has 6 heteroatoms. The van der Waals surface area contributed by atoms with Gasteiger partial charge in [0.1, 0.15) is 5.69 Å². The lowest BCUT2D eigenvalue weighted by Crippen LogP contribution is -2.28. The first kappa shape index (κ1) is 19.6. The van der Waals surface area contributed by atoms with Gasteiger partial charge in [-0.05, 0) is 36.2 Å². The molecule has 1 N–H and O–H groups in total. The van der Waals surface area contributed by atoms with E-state index in [0.717, 1.165) is 30.6 Å². The molecule has 0 spiro atoms. The number of nitrogens with one attached hydrogen (secondary N) is 1. The van der Waals surface area contributed by atoms with Crippen molar-refractivity contribution in [3.8, 4) is 11.5 Å². The number of ether oxygens (including phenoxy) is 2. The normalized spacial score (nSPS) is 10.3. The molecule has 0 saturated heterocycles. The molecule has 1 amide bonds. The fourth-order valence-corrected chi connectivity index (χ4v) is 2.51. The molecule has 1 heterocycles. The quantitative estimate of drug-likeness (QED) is 0.743. The minimum Gasteiger partial charge on any atom is -0.493 e. The van der Waals surface area contributed by atoms with Crippen LogP contribution in [0.15, 0.2) is 36.5 Å². The summed E-state index contributed by atoms with van der Waals surface area (Å²) in [5.74, 6) is 1.35. The van der Waals surface area contributed by atoms with E-state index < -0.39 is 0 Å². The van der Waals surface area contributed by atoms with E-state index in [4.69, 9.17) is 9.47 Å². The summed E-state index contributed by atoms with van der Waals surface area (Å²) in [4.78, 5) is 18.3. The minimum absolute atomic E-state index is 0.0510. The van der Waals surface area contributed by atoms with Gasteiger partial charge in [-0.15, -0.1) is 0 Å². The third-order valence-electron chi connectivity index (χ3n) is 4.12. The standard InChI is InChI=1S/C20H27N3O3/c1-5-6-11-23(2)20(24)17-9-8-16(14-22-17)21-13-15-7-10-18(25-3)19(12-15)26-4/h7-10,12,14,21H,5-6,11,13H2,1-4H3. The summed E-state index contributed by atoms with van der Waals surface area (Å²) >= 11 is 0. The van der Waals surface area contributed by atoms with Gasteiger partial charge in [0.25, 0.3) is 5.91 Å². The zero-order valence-electron chi connectivity index (χ0n) is 15.9. The number of carbonyl (C=O) groups is 1. The van der Waals surface area contributed by atoms with E-state index in [1.54, 1.807) is 31.4 Å². The number of carbonyl (C=O) groups excluding carboxylic acids is 1. The Labute approximate surface area is 155 Å². The van der Waals surface area contributed by atoms with Crippen molar-refractivity contribution in [1.29, 1.82) is 0 Å². The summed E-state index contributed by atoms with van der Waals surface area (Å²) in [5.41, 5.74) is 2.37. The molecule has 1 aromatic heterocycles. The largest absolute Gasteiger partial charge is 0.493 e. The molecule has 0 fully saturated rings. The van der Waals surface area contributed by atoms with Crippen LogP contribution >= 0.6 is 0 Å². The Morgan fingerprint density at radius 1 is 1.15 bits per heavy atom. The van der Waals surface area contributed by atoms with Crippen molar-refractivity contribution in [3.63, 3.8) is 0 Å². The number of benzene rings is 1. The van der Waals surface area contributed by atoms with Gasteiger partial charge in [-0.1, -0.05) is 19.4 Å². The monoisotopic (exact) mass is 357 g/mol. The van der Waals surface area contributed by atoms with E-state index in [9.17, 15) is 4.79 Å². The van der Waals surface area contributed by atoms with E-state index in [1.165, 1.54) is 0 Å². The maximum Gasteiger partial charge on any atom is 0.272 e. The first-order valence-electron chi connectivity index (χ1n) is 8.75. The van der Waals surface area contributed by atoms with Crippen molar-refractivity contribution in [2.45, 2.75) is 26.3 Å². The molecule has 0 aliphatic rings. The van der Waals surface area contributed by atoms with Gasteiger partial charge in [0.2, 0.25) is 0 Å². The van der Waals surface area contributed by atoms with Crippen LogP contribution < -0.4 is 14.8 Å². The third-order valence-corrected chi connectivity index (χ3v) is 4.12. The zero-order chi connectivity index (χ0) is 18.9. The molecule has 0 radical (unpaired) electrons. The minimum atomic E-state index is -0.0510. The molecule has 140 valence electrons. The predicted molar refractivity (Wildman–Crippen MR) is 103 cm³/mol. The average molecular weight is 357 g/mol. The van der Waals surface area contributed by atoms with Crippen LogP contribution in [0.2, 0.25) is 0 Å². The van der Waals surface area contributed by atoms with Crippen LogP contribution in [0.5, 0.6) is 11.5 Å². The molecule has 0 atom stereocenters. The van der Waals surface area contributed by atoms with Crippen LogP contribution in [0.3, 0.4) is 0 Å². The number of aromatic nitrogens is 1. The highest BCUT2D eigenvalue weighted by atomic mass is 16.5. The topological polar surface area (TPSA) is 63.7 Å². The number of methoxy groups -OCH3 is 2. The summed E-state index contributed by atoms with van der Waals surface area (Å²) in [6, 6.07) is 9.40. The third kappa shape index (κ3) is 5.12. The zero-order valence-corrected chi connectivity index (χ0v) is 15.9. The lowest BCUT2D eigenvalue weighted by Gasteiger charge is -2.16. The molecular formula is C20H27N3O3. The summed E-state index contributed by atoms with van der Waals surface area (Å²) < 4.78 is 10.6. The highest BCUT2D eigenvalue weighted by Crippen LogP contribution is 2.27. The number of pyridine rings is 1. The maximum absolute atomic E-state index is 12.3. The fourth-order valence-electron chi connectivity index (χ4n) is 2.51. The number of rotatable bonds is 9. The van der Waals surface area contributed by atoms with Crippen LogP contribution in [0.25, 0.3) is 0 Å². The van der Waals surface area contributed by atoms with E-state index in [0.29, 0.717) is 23.7 Å². The highest BCUT2D eigenvalue weighted by Gasteiger charge is 2.12. The molecule has 6 nitrogen and oxygen atoms in total. The molecular weight excluding hydrogens is 330 g/mol. The van der Waals surface area contributed by atoms with Crippen LogP contribution in [0.1, 0.15) is 35.8 Å². The Morgan fingerprint density at radius 3 is 2.54 bits per heavy atom. The van der Waals surface area contributed by atoms with E-state index in [1.807, 2.05) is 31.3 Å². The van der Waals surface area contributed by atoms with Crippen molar-refractivity contribution in [3.05, 3.63) is 47.8 Å². The molecule has 26 heavy (non-hydrogen) atoms. The van der Waals surface area contributed by atoms with E-state index in [-0.39, 0.29) is 5.91 Å². The van der Waals surface area contributed by atoms with Gasteiger partial charge in [0.05, 0.1) is 26.1 Å². The van der Waals surface area contributed by atoms with Crippen molar-refractivity contribution in [2.75, 3.05) is 33.1 Å². The molecule has 0 saturated carbocycles. The van der Waals surface area contributed by atoms with Gasteiger partial charge in [-0.3, -0.25) is 4.79 Å². The van der Waals surface area contributed by atoms with Gasteiger partial charge in [-0.25, -0.2) is 4.98 Å². The summed E-state index contributed by atoms with van der Waals surface area (Å²) in [7, 11) is 5.04. The van der Waals surface area contributed by atoms with Gasteiger partial charge in [0.15, 0.2) is 11.5 Å². The number of amides is 1. The number of nitrogens with zero attached hydrogens (tertiary/aromatic N) is 2. The highest BCUT2D eigenvalue weighted by molar-refractivity contribution is 5.92. The lowest BCUT2D eigenvalue weighted by atomic mass is 10.2. The second-order valence-corrected chi connectivity index (χ2v) is 6.06. The lowest BCUT2D eigenvalue weighted by molar-refractivity contribution is 0.0787. The molecule has 2 rings (SSSR count). The Hall–Kier alpha value is -2.76. The summed E-state index contributed by atoms with van der Waals surface area (Å²) in [6.45, 7) is 3.47. The second kappa shape index (κ2) is 9.65. The Bertz CT molecular complexity index is 717. The number of hydrogen-bond acceptors (Lipinski definition) is 5. The van der Waals surface area contributed by atoms with Gasteiger partial charge < -0.3 is 19.7 Å². The smallest absolute Gasteiger partial charge is 0.272 e. The molecule has 0 bridgehead atoms. The Morgan fingerprint density at radius 2 is 1.92 bits per heavy atom. The molecule has 1 aromatic carbocycles. The van der Waals surface area contributed by atoms with Crippen molar-refractivity contribution in [2.24, 2.45) is 0 Å². The van der Waals surface area contributed by atoms with Crippen LogP contribution in [-0.4, -0.2) is 43.6 Å². The molecule has 2 aromatic rings. The van der Waals surface area contributed by atoms with Crippen molar-refractivity contribution in [1.82, 2.24) is 9.88 Å². The van der Waals surface area contributed by atoms with E-state index >= 15 is 0 Å². The maximum atomic E-state index is 12.3.